The van der Waals surface area contributed by atoms with Gasteiger partial charge < -0.3 is 9.88 Å². The predicted molar refractivity (Wildman–Crippen MR) is 64.5 cm³/mol. The number of hydrogen-bond donors (Lipinski definition) is 1. The Hall–Kier alpha value is -1.20. The molecule has 1 N–H and O–H groups in total. The summed E-state index contributed by atoms with van der Waals surface area (Å²) in [6.45, 7) is 7.12. The van der Waals surface area contributed by atoms with E-state index in [1.165, 1.54) is 16.1 Å². The first-order valence-corrected chi connectivity index (χ1v) is 6.22. The highest BCUT2D eigenvalue weighted by Crippen LogP contribution is 2.31. The summed E-state index contributed by atoms with van der Waals surface area (Å²) in [7, 11) is 0. The normalized spacial score (nSPS) is 15.1. The molecule has 0 amide bonds. The minimum Gasteiger partial charge on any atom is -0.332 e. The molecule has 2 aromatic rings. The average molecular weight is 234 g/mol. The summed E-state index contributed by atoms with van der Waals surface area (Å²) < 4.78 is 6.63. The second-order valence-electron chi connectivity index (χ2n) is 4.11. The maximum absolute atomic E-state index is 4.55. The molecule has 3 heterocycles. The highest BCUT2D eigenvalue weighted by Gasteiger charge is 2.19. The lowest BCUT2D eigenvalue weighted by Crippen LogP contribution is -2.27. The minimum atomic E-state index is 0.907. The number of rotatable bonds is 1. The first-order valence-electron chi connectivity index (χ1n) is 5.45. The molecule has 0 radical (unpaired) electrons. The first kappa shape index (κ1) is 9.99. The van der Waals surface area contributed by atoms with Crippen LogP contribution in [0, 0.1) is 13.8 Å². The molecule has 0 aliphatic carbocycles. The third-order valence-electron chi connectivity index (χ3n) is 3.04. The van der Waals surface area contributed by atoms with Crippen molar-refractivity contribution in [3.8, 4) is 11.3 Å². The maximum atomic E-state index is 4.55. The van der Waals surface area contributed by atoms with Gasteiger partial charge in [0.05, 0.1) is 23.4 Å². The summed E-state index contributed by atoms with van der Waals surface area (Å²) in [6, 6.07) is 0. The molecule has 0 unspecified atom stereocenters. The zero-order valence-electron chi connectivity index (χ0n) is 9.45. The second kappa shape index (κ2) is 3.68. The van der Waals surface area contributed by atoms with Gasteiger partial charge in [-0.15, -0.1) is 0 Å². The molecule has 0 saturated heterocycles. The van der Waals surface area contributed by atoms with E-state index in [2.05, 4.69) is 33.1 Å². The Kier molecular flexibility index (Phi) is 2.29. The van der Waals surface area contributed by atoms with E-state index >= 15 is 0 Å². The third-order valence-corrected chi connectivity index (χ3v) is 3.88. The molecule has 0 saturated carbocycles. The lowest BCUT2D eigenvalue weighted by atomic mass is 10.1. The molecule has 0 bridgehead atoms. The summed E-state index contributed by atoms with van der Waals surface area (Å²) >= 11 is 1.56. The minimum absolute atomic E-state index is 0.907. The molecule has 16 heavy (non-hydrogen) atoms. The van der Waals surface area contributed by atoms with E-state index in [9.17, 15) is 0 Å². The van der Waals surface area contributed by atoms with Crippen molar-refractivity contribution in [1.82, 2.24) is 19.2 Å². The average Bonchev–Trinajstić information content (AvgIpc) is 2.83. The van der Waals surface area contributed by atoms with E-state index in [-0.39, 0.29) is 0 Å². The monoisotopic (exact) mass is 234 g/mol. The molecule has 84 valence electrons. The fourth-order valence-electron chi connectivity index (χ4n) is 2.22. The summed E-state index contributed by atoms with van der Waals surface area (Å²) in [5.41, 5.74) is 4.71. The van der Waals surface area contributed by atoms with E-state index in [0.29, 0.717) is 0 Å². The van der Waals surface area contributed by atoms with E-state index in [0.717, 1.165) is 31.0 Å². The third kappa shape index (κ3) is 1.39. The Morgan fingerprint density at radius 3 is 3.06 bits per heavy atom. The summed E-state index contributed by atoms with van der Waals surface area (Å²) in [5.74, 6) is 0. The molecule has 4 nitrogen and oxygen atoms in total. The molecule has 0 fully saturated rings. The van der Waals surface area contributed by atoms with Gasteiger partial charge in [-0.25, -0.2) is 4.98 Å². The number of aryl methyl sites for hydroxylation is 2. The van der Waals surface area contributed by atoms with Crippen LogP contribution < -0.4 is 5.32 Å². The number of nitrogens with one attached hydrogen (secondary N) is 1. The number of aromatic nitrogens is 3. The van der Waals surface area contributed by atoms with Crippen molar-refractivity contribution in [3.63, 3.8) is 0 Å². The second-order valence-corrected chi connectivity index (χ2v) is 5.09. The van der Waals surface area contributed by atoms with Crippen LogP contribution in [-0.4, -0.2) is 20.5 Å². The van der Waals surface area contributed by atoms with Gasteiger partial charge in [0, 0.05) is 30.1 Å². The molecule has 0 aromatic carbocycles. The van der Waals surface area contributed by atoms with Crippen LogP contribution in [-0.2, 0) is 13.1 Å². The lowest BCUT2D eigenvalue weighted by Gasteiger charge is -2.16. The number of imidazole rings is 1. The van der Waals surface area contributed by atoms with Gasteiger partial charge in [-0.2, -0.15) is 4.37 Å². The molecule has 1 aliphatic rings. The van der Waals surface area contributed by atoms with Crippen molar-refractivity contribution in [2.24, 2.45) is 0 Å². The number of fused-ring (bicyclic) bond motifs is 1. The van der Waals surface area contributed by atoms with Gasteiger partial charge in [0.1, 0.15) is 0 Å². The molecule has 0 atom stereocenters. The van der Waals surface area contributed by atoms with E-state index < -0.39 is 0 Å². The zero-order chi connectivity index (χ0) is 11.1. The van der Waals surface area contributed by atoms with Crippen LogP contribution in [0.1, 0.15) is 16.3 Å². The van der Waals surface area contributed by atoms with E-state index in [1.807, 2.05) is 6.33 Å². The fourth-order valence-corrected chi connectivity index (χ4v) is 2.92. The molecule has 2 aromatic heterocycles. The predicted octanol–water partition coefficient (Wildman–Crippen LogP) is 1.73. The van der Waals surface area contributed by atoms with Crippen molar-refractivity contribution in [2.45, 2.75) is 26.9 Å². The SMILES string of the molecule is Cc1nsc(C)c1-c1ncn2c1CNCC2. The van der Waals surface area contributed by atoms with Crippen molar-refractivity contribution < 1.29 is 0 Å². The highest BCUT2D eigenvalue weighted by atomic mass is 32.1. The summed E-state index contributed by atoms with van der Waals surface area (Å²) in [4.78, 5) is 5.81. The molecule has 1 aliphatic heterocycles. The smallest absolute Gasteiger partial charge is 0.0958 e. The van der Waals surface area contributed by atoms with Gasteiger partial charge in [-0.1, -0.05) is 0 Å². The van der Waals surface area contributed by atoms with Crippen molar-refractivity contribution >= 4 is 11.5 Å². The zero-order valence-corrected chi connectivity index (χ0v) is 10.3. The van der Waals surface area contributed by atoms with E-state index in [1.54, 1.807) is 11.5 Å². The van der Waals surface area contributed by atoms with Crippen LogP contribution in [0.3, 0.4) is 0 Å². The van der Waals surface area contributed by atoms with Gasteiger partial charge in [0.25, 0.3) is 0 Å². The Morgan fingerprint density at radius 1 is 1.44 bits per heavy atom. The topological polar surface area (TPSA) is 42.7 Å². The summed E-state index contributed by atoms with van der Waals surface area (Å²) in [6.07, 6.45) is 1.95. The largest absolute Gasteiger partial charge is 0.332 e. The maximum Gasteiger partial charge on any atom is 0.0958 e. The van der Waals surface area contributed by atoms with Gasteiger partial charge in [0.15, 0.2) is 0 Å². The van der Waals surface area contributed by atoms with Crippen molar-refractivity contribution in [3.05, 3.63) is 22.6 Å². The van der Waals surface area contributed by atoms with Gasteiger partial charge in [-0.05, 0) is 25.4 Å². The Bertz CT molecular complexity index is 507. The molecular formula is C11H14N4S. The first-order chi connectivity index (χ1) is 7.77. The Morgan fingerprint density at radius 2 is 2.31 bits per heavy atom. The standard InChI is InChI=1S/C11H14N4S/c1-7-10(8(2)16-14-7)11-9-5-12-3-4-15(9)6-13-11/h6,12H,3-5H2,1-2H3. The molecule has 0 spiro atoms. The number of hydrogen-bond acceptors (Lipinski definition) is 4. The van der Waals surface area contributed by atoms with Crippen LogP contribution in [0.15, 0.2) is 6.33 Å². The van der Waals surface area contributed by atoms with Crippen LogP contribution in [0.2, 0.25) is 0 Å². The molecular weight excluding hydrogens is 220 g/mol. The van der Waals surface area contributed by atoms with Crippen molar-refractivity contribution in [1.29, 1.82) is 0 Å². The van der Waals surface area contributed by atoms with Crippen molar-refractivity contribution in [2.75, 3.05) is 6.54 Å². The van der Waals surface area contributed by atoms with Gasteiger partial charge in [0.2, 0.25) is 0 Å². The fraction of sp³-hybridized carbons (Fsp3) is 0.455. The molecule has 3 rings (SSSR count). The molecule has 5 heteroatoms. The quantitative estimate of drug-likeness (QED) is 0.817. The van der Waals surface area contributed by atoms with Gasteiger partial charge >= 0.3 is 0 Å². The Balaban J connectivity index is 2.17. The summed E-state index contributed by atoms with van der Waals surface area (Å²) in [5, 5.41) is 3.39. The Labute approximate surface area is 98.5 Å². The lowest BCUT2D eigenvalue weighted by molar-refractivity contribution is 0.517. The van der Waals surface area contributed by atoms with Crippen LogP contribution in [0.4, 0.5) is 0 Å². The van der Waals surface area contributed by atoms with Crippen LogP contribution in [0.25, 0.3) is 11.3 Å². The number of nitrogens with zero attached hydrogens (tertiary/aromatic N) is 3. The highest BCUT2D eigenvalue weighted by molar-refractivity contribution is 7.06. The van der Waals surface area contributed by atoms with E-state index in [4.69, 9.17) is 0 Å². The van der Waals surface area contributed by atoms with Gasteiger partial charge in [-0.3, -0.25) is 0 Å². The van der Waals surface area contributed by atoms with Crippen LogP contribution in [0.5, 0.6) is 0 Å². The van der Waals surface area contributed by atoms with Crippen LogP contribution >= 0.6 is 11.5 Å².